The van der Waals surface area contributed by atoms with Crippen molar-refractivity contribution in [1.82, 2.24) is 19.8 Å². The summed E-state index contributed by atoms with van der Waals surface area (Å²) in [5.74, 6) is 6.17. The molecule has 1 saturated heterocycles. The molecule has 134 valence electrons. The van der Waals surface area contributed by atoms with Gasteiger partial charge in [-0.05, 0) is 31.9 Å². The number of benzene rings is 1. The summed E-state index contributed by atoms with van der Waals surface area (Å²) in [6.45, 7) is 3.48. The molecule has 2 N–H and O–H groups in total. The number of carbonyl (C=O) groups is 1. The molecule has 1 aromatic carbocycles. The van der Waals surface area contributed by atoms with Crippen molar-refractivity contribution in [2.75, 3.05) is 18.9 Å². The van der Waals surface area contributed by atoms with Crippen LogP contribution in [0.4, 0.5) is 4.39 Å². The number of hydrogen-bond donors (Lipinski definition) is 1. The second-order valence-electron chi connectivity index (χ2n) is 6.19. The fourth-order valence-corrected chi connectivity index (χ4v) is 3.79. The normalized spacial score (nSPS) is 16.5. The van der Waals surface area contributed by atoms with E-state index in [2.05, 4.69) is 10.2 Å². The molecule has 0 aliphatic carbocycles. The molecule has 1 amide bonds. The van der Waals surface area contributed by atoms with Gasteiger partial charge in [-0.15, -0.1) is 10.2 Å². The molecule has 0 radical (unpaired) electrons. The first-order chi connectivity index (χ1) is 12.1. The van der Waals surface area contributed by atoms with Gasteiger partial charge in [-0.1, -0.05) is 36.7 Å². The van der Waals surface area contributed by atoms with Crippen molar-refractivity contribution >= 4 is 17.7 Å². The fourth-order valence-electron chi connectivity index (χ4n) is 2.94. The zero-order valence-corrected chi connectivity index (χ0v) is 15.0. The summed E-state index contributed by atoms with van der Waals surface area (Å²) in [5.41, 5.74) is 0.549. The van der Waals surface area contributed by atoms with Crippen LogP contribution in [0.25, 0.3) is 11.4 Å². The number of thioether (sulfide) groups is 1. The Labute approximate surface area is 150 Å². The molecule has 2 aromatic rings. The maximum atomic E-state index is 13.4. The highest BCUT2D eigenvalue weighted by molar-refractivity contribution is 8.00. The van der Waals surface area contributed by atoms with Crippen LogP contribution in [0.2, 0.25) is 0 Å². The third-order valence-electron chi connectivity index (χ3n) is 4.30. The molecule has 1 aromatic heterocycles. The SMILES string of the molecule is C[C@H](Sc1nnc(-c2cccc(F)c2)n1N)C(=O)N1CCCCCC1. The molecule has 8 heteroatoms. The van der Waals surface area contributed by atoms with Crippen molar-refractivity contribution in [1.29, 1.82) is 0 Å². The van der Waals surface area contributed by atoms with E-state index in [1.54, 1.807) is 12.1 Å². The average molecular weight is 363 g/mol. The first-order valence-electron chi connectivity index (χ1n) is 8.48. The topological polar surface area (TPSA) is 77.0 Å². The smallest absolute Gasteiger partial charge is 0.235 e. The van der Waals surface area contributed by atoms with Crippen molar-refractivity contribution < 1.29 is 9.18 Å². The standard InChI is InChI=1S/C17H22FN5OS/c1-12(16(24)22-9-4-2-3-5-10-22)25-17-21-20-15(23(17)19)13-7-6-8-14(18)11-13/h6-8,11-12H,2-5,9-10,19H2,1H3/t12-/m0/s1. The van der Waals surface area contributed by atoms with E-state index in [0.717, 1.165) is 25.9 Å². The number of nitrogen functional groups attached to an aromatic ring is 1. The Morgan fingerprint density at radius 1 is 1.24 bits per heavy atom. The number of aromatic nitrogens is 3. The Bertz CT molecular complexity index is 742. The van der Waals surface area contributed by atoms with Crippen molar-refractivity contribution in [3.63, 3.8) is 0 Å². The fraction of sp³-hybridized carbons (Fsp3) is 0.471. The largest absolute Gasteiger partial charge is 0.342 e. The first-order valence-corrected chi connectivity index (χ1v) is 9.36. The van der Waals surface area contributed by atoms with Crippen molar-refractivity contribution in [2.24, 2.45) is 0 Å². The van der Waals surface area contributed by atoms with Crippen LogP contribution in [-0.2, 0) is 4.79 Å². The van der Waals surface area contributed by atoms with Gasteiger partial charge in [-0.2, -0.15) is 0 Å². The van der Waals surface area contributed by atoms with Crippen LogP contribution in [0.1, 0.15) is 32.6 Å². The van der Waals surface area contributed by atoms with Crippen molar-refractivity contribution in [3.8, 4) is 11.4 Å². The molecule has 0 spiro atoms. The van der Waals surface area contributed by atoms with Gasteiger partial charge < -0.3 is 10.7 Å². The monoisotopic (exact) mass is 363 g/mol. The second kappa shape index (κ2) is 7.86. The highest BCUT2D eigenvalue weighted by Gasteiger charge is 2.24. The Balaban J connectivity index is 1.71. The quantitative estimate of drug-likeness (QED) is 0.667. The number of likely N-dealkylation sites (tertiary alicyclic amines) is 1. The van der Waals surface area contributed by atoms with E-state index < -0.39 is 0 Å². The number of amides is 1. The third kappa shape index (κ3) is 4.12. The zero-order chi connectivity index (χ0) is 17.8. The molecule has 0 unspecified atom stereocenters. The average Bonchev–Trinajstić information content (AvgIpc) is 2.80. The van der Waals surface area contributed by atoms with E-state index in [1.807, 2.05) is 11.8 Å². The molecule has 2 heterocycles. The molecule has 0 bridgehead atoms. The number of hydrogen-bond acceptors (Lipinski definition) is 5. The van der Waals surface area contributed by atoms with Crippen LogP contribution in [-0.4, -0.2) is 44.0 Å². The molecular weight excluding hydrogens is 341 g/mol. The van der Waals surface area contributed by atoms with Gasteiger partial charge in [0.15, 0.2) is 5.82 Å². The predicted molar refractivity (Wildman–Crippen MR) is 95.9 cm³/mol. The maximum Gasteiger partial charge on any atom is 0.235 e. The minimum absolute atomic E-state index is 0.0993. The molecule has 0 saturated carbocycles. The summed E-state index contributed by atoms with van der Waals surface area (Å²) in [6, 6.07) is 6.03. The zero-order valence-electron chi connectivity index (χ0n) is 14.2. The van der Waals surface area contributed by atoms with Crippen LogP contribution in [0.5, 0.6) is 0 Å². The molecule has 1 aliphatic rings. The van der Waals surface area contributed by atoms with E-state index in [-0.39, 0.29) is 17.0 Å². The van der Waals surface area contributed by atoms with E-state index in [4.69, 9.17) is 5.84 Å². The third-order valence-corrected chi connectivity index (χ3v) is 5.34. The summed E-state index contributed by atoms with van der Waals surface area (Å²) in [7, 11) is 0. The Morgan fingerprint density at radius 2 is 1.96 bits per heavy atom. The van der Waals surface area contributed by atoms with Crippen LogP contribution < -0.4 is 5.84 Å². The van der Waals surface area contributed by atoms with Gasteiger partial charge in [0, 0.05) is 18.7 Å². The number of halogens is 1. The van der Waals surface area contributed by atoms with Crippen LogP contribution in [0.15, 0.2) is 29.4 Å². The van der Waals surface area contributed by atoms with E-state index >= 15 is 0 Å². The lowest BCUT2D eigenvalue weighted by molar-refractivity contribution is -0.130. The van der Waals surface area contributed by atoms with Gasteiger partial charge in [0.25, 0.3) is 0 Å². The molecule has 1 fully saturated rings. The Kier molecular flexibility index (Phi) is 5.57. The molecule has 25 heavy (non-hydrogen) atoms. The summed E-state index contributed by atoms with van der Waals surface area (Å²) >= 11 is 1.28. The van der Waals surface area contributed by atoms with E-state index in [1.165, 1.54) is 41.4 Å². The number of nitrogens with zero attached hydrogens (tertiary/aromatic N) is 4. The molecule has 1 aliphatic heterocycles. The maximum absolute atomic E-state index is 13.4. The van der Waals surface area contributed by atoms with Crippen LogP contribution in [0, 0.1) is 5.82 Å². The van der Waals surface area contributed by atoms with Gasteiger partial charge in [0.2, 0.25) is 11.1 Å². The van der Waals surface area contributed by atoms with E-state index in [0.29, 0.717) is 16.5 Å². The lowest BCUT2D eigenvalue weighted by Gasteiger charge is -2.23. The highest BCUT2D eigenvalue weighted by atomic mass is 32.2. The van der Waals surface area contributed by atoms with Gasteiger partial charge in [-0.3, -0.25) is 4.79 Å². The molecule has 6 nitrogen and oxygen atoms in total. The second-order valence-corrected chi connectivity index (χ2v) is 7.49. The summed E-state index contributed by atoms with van der Waals surface area (Å²) in [4.78, 5) is 14.6. The van der Waals surface area contributed by atoms with Crippen LogP contribution >= 0.6 is 11.8 Å². The number of carbonyl (C=O) groups excluding carboxylic acids is 1. The van der Waals surface area contributed by atoms with Crippen LogP contribution in [0.3, 0.4) is 0 Å². The number of rotatable bonds is 4. The van der Waals surface area contributed by atoms with Crippen molar-refractivity contribution in [2.45, 2.75) is 43.0 Å². The predicted octanol–water partition coefficient (Wildman–Crippen LogP) is 2.68. The molecule has 1 atom stereocenters. The van der Waals surface area contributed by atoms with Gasteiger partial charge in [0.1, 0.15) is 5.82 Å². The Morgan fingerprint density at radius 3 is 2.64 bits per heavy atom. The van der Waals surface area contributed by atoms with E-state index in [9.17, 15) is 9.18 Å². The lowest BCUT2D eigenvalue weighted by atomic mass is 10.2. The summed E-state index contributed by atoms with van der Waals surface area (Å²) in [6.07, 6.45) is 4.47. The molecular formula is C17H22FN5OS. The van der Waals surface area contributed by atoms with Gasteiger partial charge >= 0.3 is 0 Å². The molecule has 3 rings (SSSR count). The minimum atomic E-state index is -0.362. The lowest BCUT2D eigenvalue weighted by Crippen LogP contribution is -2.37. The first kappa shape index (κ1) is 17.7. The summed E-state index contributed by atoms with van der Waals surface area (Å²) in [5, 5.41) is 8.25. The Hall–Kier alpha value is -2.09. The van der Waals surface area contributed by atoms with Crippen molar-refractivity contribution in [3.05, 3.63) is 30.1 Å². The van der Waals surface area contributed by atoms with Gasteiger partial charge in [0.05, 0.1) is 5.25 Å². The minimum Gasteiger partial charge on any atom is -0.342 e. The highest BCUT2D eigenvalue weighted by Crippen LogP contribution is 2.26. The number of nitrogens with two attached hydrogens (primary N) is 1. The van der Waals surface area contributed by atoms with Gasteiger partial charge in [-0.25, -0.2) is 9.07 Å². The summed E-state index contributed by atoms with van der Waals surface area (Å²) < 4.78 is 14.7.